The van der Waals surface area contributed by atoms with Crippen LogP contribution in [0.15, 0.2) is 54.6 Å². The van der Waals surface area contributed by atoms with Gasteiger partial charge >= 0.3 is 0 Å². The Morgan fingerprint density at radius 1 is 1.24 bits per heavy atom. The van der Waals surface area contributed by atoms with Crippen molar-refractivity contribution in [2.24, 2.45) is 5.92 Å². The maximum absolute atomic E-state index is 13.3. The summed E-state index contributed by atoms with van der Waals surface area (Å²) in [6.45, 7) is 4.08. The molecule has 3 aromatic rings. The van der Waals surface area contributed by atoms with Crippen LogP contribution in [0, 0.1) is 11.7 Å². The summed E-state index contributed by atoms with van der Waals surface area (Å²) < 4.78 is 19.0. The summed E-state index contributed by atoms with van der Waals surface area (Å²) in [7, 11) is 0. The largest absolute Gasteiger partial charge is 0.481 e. The van der Waals surface area contributed by atoms with Crippen LogP contribution in [0.3, 0.4) is 0 Å². The fraction of sp³-hybridized carbons (Fsp3) is 0.304. The monoisotopic (exact) mass is 393 g/mol. The maximum atomic E-state index is 13.3. The molecule has 1 aliphatic rings. The topological polar surface area (TPSA) is 54.5 Å². The number of anilines is 2. The summed E-state index contributed by atoms with van der Waals surface area (Å²) in [6.07, 6.45) is 2.41. The molecule has 1 unspecified atom stereocenters. The second kappa shape index (κ2) is 8.47. The van der Waals surface area contributed by atoms with Crippen molar-refractivity contribution in [2.45, 2.75) is 19.8 Å². The minimum atomic E-state index is -0.401. The van der Waals surface area contributed by atoms with E-state index in [-0.39, 0.29) is 12.5 Å². The molecule has 2 aromatic carbocycles. The Kier molecular flexibility index (Phi) is 5.60. The molecule has 1 saturated heterocycles. The van der Waals surface area contributed by atoms with Gasteiger partial charge in [0, 0.05) is 24.2 Å². The van der Waals surface area contributed by atoms with Crippen LogP contribution in [-0.2, 0) is 4.79 Å². The molecule has 2 heterocycles. The van der Waals surface area contributed by atoms with Crippen LogP contribution in [-0.4, -0.2) is 30.6 Å². The Hall–Kier alpha value is -3.15. The van der Waals surface area contributed by atoms with E-state index in [4.69, 9.17) is 9.72 Å². The van der Waals surface area contributed by atoms with E-state index in [1.54, 1.807) is 12.1 Å². The van der Waals surface area contributed by atoms with Crippen LogP contribution in [0.4, 0.5) is 15.9 Å². The molecule has 0 bridgehead atoms. The van der Waals surface area contributed by atoms with Crippen LogP contribution in [0.5, 0.6) is 5.75 Å². The zero-order chi connectivity index (χ0) is 20.2. The average molecular weight is 393 g/mol. The molecule has 4 rings (SSSR count). The molecule has 0 radical (unpaired) electrons. The number of aromatic nitrogens is 1. The van der Waals surface area contributed by atoms with Crippen LogP contribution < -0.4 is 15.0 Å². The highest BCUT2D eigenvalue weighted by atomic mass is 19.1. The standard InChI is InChI=1S/C23H24FN3O2/c1-16-5-4-12-27(14-16)21-11-10-17-6-2-9-20(23(17)26-21)29-15-22(28)25-19-8-3-7-18(24)13-19/h2-3,6-11,13,16H,4-5,12,14-15H2,1H3,(H,25,28). The number of pyridine rings is 1. The first-order valence-electron chi connectivity index (χ1n) is 9.91. The third-order valence-corrected chi connectivity index (χ3v) is 5.12. The molecule has 1 N–H and O–H groups in total. The predicted molar refractivity (Wildman–Crippen MR) is 113 cm³/mol. The molecule has 0 spiro atoms. The van der Waals surface area contributed by atoms with Crippen molar-refractivity contribution in [1.29, 1.82) is 0 Å². The SMILES string of the molecule is CC1CCCN(c2ccc3cccc(OCC(=O)Nc4cccc(F)c4)c3n2)C1. The highest BCUT2D eigenvalue weighted by Gasteiger charge is 2.18. The number of amides is 1. The molecule has 5 nitrogen and oxygen atoms in total. The van der Waals surface area contributed by atoms with Crippen molar-refractivity contribution in [3.05, 3.63) is 60.4 Å². The lowest BCUT2D eigenvalue weighted by atomic mass is 10.0. The molecule has 1 aromatic heterocycles. The Morgan fingerprint density at radius 2 is 2.10 bits per heavy atom. The van der Waals surface area contributed by atoms with E-state index < -0.39 is 5.82 Å². The Balaban J connectivity index is 1.49. The quantitative estimate of drug-likeness (QED) is 0.687. The lowest BCUT2D eigenvalue weighted by Crippen LogP contribution is -2.34. The van der Waals surface area contributed by atoms with Crippen LogP contribution >= 0.6 is 0 Å². The minimum absolute atomic E-state index is 0.178. The van der Waals surface area contributed by atoms with Gasteiger partial charge in [-0.25, -0.2) is 9.37 Å². The summed E-state index contributed by atoms with van der Waals surface area (Å²) >= 11 is 0. The van der Waals surface area contributed by atoms with E-state index in [0.717, 1.165) is 29.8 Å². The van der Waals surface area contributed by atoms with E-state index in [9.17, 15) is 9.18 Å². The Labute approximate surface area is 169 Å². The van der Waals surface area contributed by atoms with Gasteiger partial charge in [0.1, 0.15) is 22.9 Å². The van der Waals surface area contributed by atoms with Crippen LogP contribution in [0.1, 0.15) is 19.8 Å². The van der Waals surface area contributed by atoms with E-state index in [1.807, 2.05) is 30.3 Å². The van der Waals surface area contributed by atoms with Gasteiger partial charge in [0.15, 0.2) is 6.61 Å². The molecule has 29 heavy (non-hydrogen) atoms. The second-order valence-corrected chi connectivity index (χ2v) is 7.54. The number of hydrogen-bond donors (Lipinski definition) is 1. The molecule has 1 amide bonds. The fourth-order valence-corrected chi connectivity index (χ4v) is 3.71. The number of para-hydroxylation sites is 1. The molecule has 6 heteroatoms. The van der Waals surface area contributed by atoms with Gasteiger partial charge in [0.2, 0.25) is 0 Å². The van der Waals surface area contributed by atoms with E-state index in [0.29, 0.717) is 17.4 Å². The first kappa shape index (κ1) is 19.2. The van der Waals surface area contributed by atoms with Crippen molar-refractivity contribution in [2.75, 3.05) is 29.9 Å². The Bertz CT molecular complexity index is 1020. The van der Waals surface area contributed by atoms with Crippen LogP contribution in [0.2, 0.25) is 0 Å². The summed E-state index contributed by atoms with van der Waals surface area (Å²) in [5.41, 5.74) is 1.14. The van der Waals surface area contributed by atoms with Gasteiger partial charge in [-0.15, -0.1) is 0 Å². The summed E-state index contributed by atoms with van der Waals surface area (Å²) in [5, 5.41) is 3.60. The zero-order valence-electron chi connectivity index (χ0n) is 16.4. The van der Waals surface area contributed by atoms with Crippen molar-refractivity contribution in [1.82, 2.24) is 4.98 Å². The van der Waals surface area contributed by atoms with Crippen LogP contribution in [0.25, 0.3) is 10.9 Å². The molecule has 1 atom stereocenters. The number of carbonyl (C=O) groups excluding carboxylic acids is 1. The lowest BCUT2D eigenvalue weighted by Gasteiger charge is -2.32. The van der Waals surface area contributed by atoms with E-state index in [1.165, 1.54) is 25.0 Å². The maximum Gasteiger partial charge on any atom is 0.262 e. The number of rotatable bonds is 5. The lowest BCUT2D eigenvalue weighted by molar-refractivity contribution is -0.118. The van der Waals surface area contributed by atoms with Crippen molar-refractivity contribution < 1.29 is 13.9 Å². The molecule has 0 saturated carbocycles. The number of fused-ring (bicyclic) bond motifs is 1. The van der Waals surface area contributed by atoms with Gasteiger partial charge in [-0.3, -0.25) is 4.79 Å². The minimum Gasteiger partial charge on any atom is -0.481 e. The van der Waals surface area contributed by atoms with Crippen molar-refractivity contribution in [3.8, 4) is 5.75 Å². The number of nitrogens with zero attached hydrogens (tertiary/aromatic N) is 2. The third-order valence-electron chi connectivity index (χ3n) is 5.12. The molecule has 150 valence electrons. The smallest absolute Gasteiger partial charge is 0.262 e. The second-order valence-electron chi connectivity index (χ2n) is 7.54. The van der Waals surface area contributed by atoms with E-state index >= 15 is 0 Å². The molecule has 1 fully saturated rings. The molecular formula is C23H24FN3O2. The molecule has 0 aliphatic carbocycles. The Morgan fingerprint density at radius 3 is 2.93 bits per heavy atom. The normalized spacial score (nSPS) is 16.6. The highest BCUT2D eigenvalue weighted by molar-refractivity contribution is 5.92. The van der Waals surface area contributed by atoms with Gasteiger partial charge < -0.3 is 15.0 Å². The fourth-order valence-electron chi connectivity index (χ4n) is 3.71. The van der Waals surface area contributed by atoms with Gasteiger partial charge in [-0.1, -0.05) is 25.1 Å². The third kappa shape index (κ3) is 4.65. The van der Waals surface area contributed by atoms with E-state index in [2.05, 4.69) is 17.1 Å². The van der Waals surface area contributed by atoms with Crippen molar-refractivity contribution in [3.63, 3.8) is 0 Å². The molecular weight excluding hydrogens is 369 g/mol. The van der Waals surface area contributed by atoms with Gasteiger partial charge in [0.25, 0.3) is 5.91 Å². The number of halogens is 1. The first-order chi connectivity index (χ1) is 14.1. The number of benzene rings is 2. The number of ether oxygens (including phenoxy) is 1. The summed E-state index contributed by atoms with van der Waals surface area (Å²) in [5.74, 6) is 1.39. The molecule has 1 aliphatic heterocycles. The van der Waals surface area contributed by atoms with Gasteiger partial charge in [-0.2, -0.15) is 0 Å². The number of hydrogen-bond acceptors (Lipinski definition) is 4. The summed E-state index contributed by atoms with van der Waals surface area (Å²) in [4.78, 5) is 19.3. The first-order valence-corrected chi connectivity index (χ1v) is 9.91. The highest BCUT2D eigenvalue weighted by Crippen LogP contribution is 2.28. The zero-order valence-corrected chi connectivity index (χ0v) is 16.4. The number of piperidine rings is 1. The predicted octanol–water partition coefficient (Wildman–Crippen LogP) is 4.63. The summed E-state index contributed by atoms with van der Waals surface area (Å²) in [6, 6.07) is 15.5. The number of nitrogens with one attached hydrogen (secondary N) is 1. The average Bonchev–Trinajstić information content (AvgIpc) is 2.72. The van der Waals surface area contributed by atoms with Gasteiger partial charge in [-0.05, 0) is 55.2 Å². The number of carbonyl (C=O) groups is 1. The van der Waals surface area contributed by atoms with Crippen molar-refractivity contribution >= 4 is 28.3 Å². The van der Waals surface area contributed by atoms with Gasteiger partial charge in [0.05, 0.1) is 0 Å².